The summed E-state index contributed by atoms with van der Waals surface area (Å²) in [5.41, 5.74) is 0. The molecule has 0 radical (unpaired) electrons. The highest BCUT2D eigenvalue weighted by Crippen LogP contribution is 2.23. The normalized spacial score (nSPS) is 16.5. The second-order valence-electron chi connectivity index (χ2n) is 5.73. The summed E-state index contributed by atoms with van der Waals surface area (Å²) in [4.78, 5) is 29.1. The topological polar surface area (TPSA) is 59.1 Å². The molecule has 1 amide bonds. The number of carbonyl (C=O) groups excluding carboxylic acids is 2. The van der Waals surface area contributed by atoms with E-state index in [0.717, 1.165) is 24.0 Å². The molecule has 1 fully saturated rings. The number of halogens is 1. The van der Waals surface area contributed by atoms with Gasteiger partial charge in [0.05, 0.1) is 10.9 Å². The number of hydrogen-bond acceptors (Lipinski definition) is 6. The number of nitrogens with zero attached hydrogens (tertiary/aromatic N) is 2. The van der Waals surface area contributed by atoms with Crippen molar-refractivity contribution in [3.05, 3.63) is 34.0 Å². The van der Waals surface area contributed by atoms with E-state index < -0.39 is 12.1 Å². The van der Waals surface area contributed by atoms with Crippen LogP contribution in [0.2, 0.25) is 4.34 Å². The van der Waals surface area contributed by atoms with E-state index in [-0.39, 0.29) is 19.1 Å². The SMILES string of the molecule is C=CCOC(C)C(=O)OCC(=O)N1CCN(Cc2ccc(Cl)s2)CC1. The maximum atomic E-state index is 12.2. The second-order valence-corrected chi connectivity index (χ2v) is 7.53. The Hall–Kier alpha value is -1.41. The molecular formula is C17H23ClN2O4S. The number of esters is 1. The number of ether oxygens (including phenoxy) is 2. The fourth-order valence-corrected chi connectivity index (χ4v) is 3.56. The summed E-state index contributed by atoms with van der Waals surface area (Å²) < 4.78 is 11.0. The molecule has 1 saturated heterocycles. The molecule has 1 aromatic heterocycles. The van der Waals surface area contributed by atoms with Crippen molar-refractivity contribution in [2.24, 2.45) is 0 Å². The number of rotatable bonds is 8. The minimum absolute atomic E-state index is 0.178. The molecule has 1 aromatic rings. The molecule has 2 heterocycles. The van der Waals surface area contributed by atoms with Crippen LogP contribution in [-0.2, 0) is 25.6 Å². The first-order valence-corrected chi connectivity index (χ1v) is 9.32. The first-order chi connectivity index (χ1) is 12.0. The van der Waals surface area contributed by atoms with Crippen molar-refractivity contribution >= 4 is 34.8 Å². The molecule has 0 N–H and O–H groups in total. The van der Waals surface area contributed by atoms with E-state index in [2.05, 4.69) is 11.5 Å². The Morgan fingerprint density at radius 2 is 2.08 bits per heavy atom. The van der Waals surface area contributed by atoms with Crippen molar-refractivity contribution in [2.75, 3.05) is 39.4 Å². The van der Waals surface area contributed by atoms with Gasteiger partial charge in [-0.2, -0.15) is 0 Å². The molecule has 0 aliphatic carbocycles. The maximum absolute atomic E-state index is 12.2. The summed E-state index contributed by atoms with van der Waals surface area (Å²) in [6, 6.07) is 3.93. The maximum Gasteiger partial charge on any atom is 0.335 e. The summed E-state index contributed by atoms with van der Waals surface area (Å²) in [5.74, 6) is -0.716. The Kier molecular flexibility index (Phi) is 7.90. The zero-order valence-electron chi connectivity index (χ0n) is 14.3. The standard InChI is InChI=1S/C17H23ClN2O4S/c1-3-10-23-13(2)17(22)24-12-16(21)20-8-6-19(7-9-20)11-14-4-5-15(18)25-14/h3-5,13H,1,6-12H2,2H3. The van der Waals surface area contributed by atoms with Gasteiger partial charge in [0.2, 0.25) is 0 Å². The number of thiophene rings is 1. The number of carbonyl (C=O) groups is 2. The van der Waals surface area contributed by atoms with Crippen LogP contribution in [0.15, 0.2) is 24.8 Å². The molecule has 25 heavy (non-hydrogen) atoms. The molecule has 6 nitrogen and oxygen atoms in total. The van der Waals surface area contributed by atoms with Gasteiger partial charge in [0.15, 0.2) is 12.7 Å². The third kappa shape index (κ3) is 6.43. The molecule has 8 heteroatoms. The molecule has 2 rings (SSSR count). The third-order valence-corrected chi connectivity index (χ3v) is 5.08. The van der Waals surface area contributed by atoms with Gasteiger partial charge in [0, 0.05) is 37.6 Å². The molecule has 0 saturated carbocycles. The molecule has 1 aliphatic heterocycles. The molecule has 0 aromatic carbocycles. The van der Waals surface area contributed by atoms with Crippen molar-refractivity contribution in [3.63, 3.8) is 0 Å². The van der Waals surface area contributed by atoms with Gasteiger partial charge in [-0.25, -0.2) is 4.79 Å². The summed E-state index contributed by atoms with van der Waals surface area (Å²) in [6.45, 7) is 8.78. The van der Waals surface area contributed by atoms with Crippen LogP contribution in [0.5, 0.6) is 0 Å². The largest absolute Gasteiger partial charge is 0.454 e. The highest BCUT2D eigenvalue weighted by Gasteiger charge is 2.23. The van der Waals surface area contributed by atoms with Gasteiger partial charge in [-0.3, -0.25) is 9.69 Å². The lowest BCUT2D eigenvalue weighted by atomic mass is 10.3. The summed E-state index contributed by atoms with van der Waals surface area (Å²) in [5, 5.41) is 0. The van der Waals surface area contributed by atoms with Crippen molar-refractivity contribution < 1.29 is 19.1 Å². The number of amides is 1. The van der Waals surface area contributed by atoms with Gasteiger partial charge >= 0.3 is 5.97 Å². The molecule has 0 bridgehead atoms. The smallest absolute Gasteiger partial charge is 0.335 e. The highest BCUT2D eigenvalue weighted by molar-refractivity contribution is 7.16. The van der Waals surface area contributed by atoms with Crippen LogP contribution in [0.3, 0.4) is 0 Å². The predicted octanol–water partition coefficient (Wildman–Crippen LogP) is 2.18. The lowest BCUT2D eigenvalue weighted by molar-refractivity contribution is -0.161. The van der Waals surface area contributed by atoms with Crippen LogP contribution in [0.25, 0.3) is 0 Å². The zero-order chi connectivity index (χ0) is 18.2. The van der Waals surface area contributed by atoms with Gasteiger partial charge in [-0.15, -0.1) is 17.9 Å². The lowest BCUT2D eigenvalue weighted by Crippen LogP contribution is -2.49. The van der Waals surface area contributed by atoms with E-state index in [1.54, 1.807) is 29.2 Å². The van der Waals surface area contributed by atoms with Gasteiger partial charge in [-0.1, -0.05) is 17.7 Å². The van der Waals surface area contributed by atoms with Gasteiger partial charge in [-0.05, 0) is 19.1 Å². The fraction of sp³-hybridized carbons (Fsp3) is 0.529. The predicted molar refractivity (Wildman–Crippen MR) is 97.8 cm³/mol. The van der Waals surface area contributed by atoms with E-state index in [1.807, 2.05) is 12.1 Å². The Morgan fingerprint density at radius 3 is 2.68 bits per heavy atom. The van der Waals surface area contributed by atoms with Crippen LogP contribution in [0.1, 0.15) is 11.8 Å². The van der Waals surface area contributed by atoms with Crippen molar-refractivity contribution in [1.82, 2.24) is 9.80 Å². The minimum atomic E-state index is -0.708. The molecule has 1 unspecified atom stereocenters. The first kappa shape index (κ1) is 19.9. The number of hydrogen-bond donors (Lipinski definition) is 0. The van der Waals surface area contributed by atoms with Crippen molar-refractivity contribution in [2.45, 2.75) is 19.6 Å². The van der Waals surface area contributed by atoms with E-state index in [1.165, 1.54) is 4.88 Å². The van der Waals surface area contributed by atoms with E-state index >= 15 is 0 Å². The average molecular weight is 387 g/mol. The van der Waals surface area contributed by atoms with Crippen LogP contribution >= 0.6 is 22.9 Å². The fourth-order valence-electron chi connectivity index (χ4n) is 2.43. The molecular weight excluding hydrogens is 364 g/mol. The zero-order valence-corrected chi connectivity index (χ0v) is 15.9. The summed E-state index contributed by atoms with van der Waals surface area (Å²) in [7, 11) is 0. The minimum Gasteiger partial charge on any atom is -0.454 e. The van der Waals surface area contributed by atoms with E-state index in [9.17, 15) is 9.59 Å². The van der Waals surface area contributed by atoms with Gasteiger partial charge in [0.1, 0.15) is 0 Å². The van der Waals surface area contributed by atoms with Crippen molar-refractivity contribution in [3.8, 4) is 0 Å². The van der Waals surface area contributed by atoms with E-state index in [4.69, 9.17) is 21.1 Å². The monoisotopic (exact) mass is 386 g/mol. The Labute approximate surface area is 156 Å². The Morgan fingerprint density at radius 1 is 1.36 bits per heavy atom. The highest BCUT2D eigenvalue weighted by atomic mass is 35.5. The molecule has 138 valence electrons. The van der Waals surface area contributed by atoms with Gasteiger partial charge < -0.3 is 14.4 Å². The van der Waals surface area contributed by atoms with Crippen LogP contribution in [0.4, 0.5) is 0 Å². The average Bonchev–Trinajstić information content (AvgIpc) is 3.02. The molecule has 1 aliphatic rings. The number of piperazine rings is 1. The van der Waals surface area contributed by atoms with Crippen LogP contribution in [0, 0.1) is 0 Å². The molecule has 0 spiro atoms. The summed E-state index contributed by atoms with van der Waals surface area (Å²) >= 11 is 7.52. The van der Waals surface area contributed by atoms with Crippen LogP contribution in [-0.4, -0.2) is 67.2 Å². The lowest BCUT2D eigenvalue weighted by Gasteiger charge is -2.34. The Bertz CT molecular complexity index is 599. The second kappa shape index (κ2) is 9.91. The molecule has 1 atom stereocenters. The first-order valence-electron chi connectivity index (χ1n) is 8.13. The summed E-state index contributed by atoms with van der Waals surface area (Å²) in [6.07, 6.45) is 0.846. The van der Waals surface area contributed by atoms with Crippen molar-refractivity contribution in [1.29, 1.82) is 0 Å². The van der Waals surface area contributed by atoms with Crippen LogP contribution < -0.4 is 0 Å². The quantitative estimate of drug-likeness (QED) is 0.506. The third-order valence-electron chi connectivity index (χ3n) is 3.87. The van der Waals surface area contributed by atoms with Gasteiger partial charge in [0.25, 0.3) is 5.91 Å². The Balaban J connectivity index is 1.68. The van der Waals surface area contributed by atoms with E-state index in [0.29, 0.717) is 13.1 Å².